The molecule has 3 aromatic carbocycles. The number of aromatic nitrogens is 2. The van der Waals surface area contributed by atoms with E-state index in [1.54, 1.807) is 24.3 Å². The van der Waals surface area contributed by atoms with Crippen LogP contribution in [0.15, 0.2) is 66.7 Å². The summed E-state index contributed by atoms with van der Waals surface area (Å²) in [5, 5.41) is 12.2. The number of benzene rings is 3. The first-order chi connectivity index (χ1) is 19.5. The number of imidazole rings is 1. The van der Waals surface area contributed by atoms with Crippen LogP contribution >= 0.6 is 0 Å². The summed E-state index contributed by atoms with van der Waals surface area (Å²) in [4.78, 5) is 7.35. The minimum atomic E-state index is -2.53. The fourth-order valence-corrected chi connectivity index (χ4v) is 5.39. The number of anilines is 2. The van der Waals surface area contributed by atoms with E-state index in [9.17, 15) is 13.2 Å². The Balaban J connectivity index is 1.18. The minimum Gasteiger partial charge on any atom is -0.382 e. The molecule has 2 fully saturated rings. The zero-order chi connectivity index (χ0) is 27.6. The number of nitrogens with one attached hydrogen (secondary N) is 2. The van der Waals surface area contributed by atoms with Gasteiger partial charge in [0.1, 0.15) is 5.82 Å². The average molecular weight is 542 g/mol. The van der Waals surface area contributed by atoms with Crippen molar-refractivity contribution in [1.82, 2.24) is 9.55 Å². The fourth-order valence-electron chi connectivity index (χ4n) is 5.39. The summed E-state index contributed by atoms with van der Waals surface area (Å²) in [7, 11) is 0. The van der Waals surface area contributed by atoms with E-state index < -0.39 is 18.7 Å². The Hall–Kier alpha value is -4.25. The molecule has 0 spiro atoms. The lowest BCUT2D eigenvalue weighted by molar-refractivity contribution is 0.155. The molecule has 0 unspecified atom stereocenters. The van der Waals surface area contributed by atoms with E-state index in [2.05, 4.69) is 44.8 Å². The third-order valence-electron chi connectivity index (χ3n) is 7.52. The van der Waals surface area contributed by atoms with Crippen molar-refractivity contribution in [1.29, 1.82) is 5.41 Å². The Kier molecular flexibility index (Phi) is 7.21. The average Bonchev–Trinajstić information content (AvgIpc) is 3.72. The van der Waals surface area contributed by atoms with E-state index >= 15 is 0 Å². The van der Waals surface area contributed by atoms with Crippen LogP contribution in [0.1, 0.15) is 54.8 Å². The van der Waals surface area contributed by atoms with Crippen molar-refractivity contribution < 1.29 is 13.2 Å². The van der Waals surface area contributed by atoms with E-state index in [4.69, 9.17) is 10.4 Å². The van der Waals surface area contributed by atoms with Gasteiger partial charge < -0.3 is 14.8 Å². The topological polar surface area (TPSA) is 56.9 Å². The number of halogens is 3. The highest BCUT2D eigenvalue weighted by Crippen LogP contribution is 2.41. The number of fused-ring (bicyclic) bond motifs is 1. The van der Waals surface area contributed by atoms with E-state index in [1.165, 1.54) is 30.5 Å². The standard InChI is InChI=1S/C32H30F3N5/c33-23-7-3-6-22(19-23)31(36)27-14-11-25(20-21(27)5-4-10-30(34)35)37-24-15-17-39(18-16-24)32-38-28-8-1-2-9-29(28)40(32)26-12-13-26/h1-3,6-9,11,14,19-20,24,26,30,36-37H,10,12-13,15-18H2. The summed E-state index contributed by atoms with van der Waals surface area (Å²) in [5.74, 6) is 5.97. The van der Waals surface area contributed by atoms with Gasteiger partial charge in [-0.15, -0.1) is 0 Å². The summed E-state index contributed by atoms with van der Waals surface area (Å²) in [6.45, 7) is 1.74. The quantitative estimate of drug-likeness (QED) is 0.195. The number of nitrogens with zero attached hydrogens (tertiary/aromatic N) is 3. The van der Waals surface area contributed by atoms with Crippen LogP contribution in [0.25, 0.3) is 11.0 Å². The first-order valence-electron chi connectivity index (χ1n) is 13.7. The predicted octanol–water partition coefficient (Wildman–Crippen LogP) is 7.01. The van der Waals surface area contributed by atoms with Gasteiger partial charge in [0.25, 0.3) is 0 Å². The Bertz CT molecular complexity index is 1600. The van der Waals surface area contributed by atoms with Crippen LogP contribution in [0.3, 0.4) is 0 Å². The van der Waals surface area contributed by atoms with Crippen LogP contribution in [0.4, 0.5) is 24.8 Å². The maximum Gasteiger partial charge on any atom is 0.249 e. The molecule has 40 heavy (non-hydrogen) atoms. The van der Waals surface area contributed by atoms with Crippen molar-refractivity contribution in [3.63, 3.8) is 0 Å². The smallest absolute Gasteiger partial charge is 0.249 e. The van der Waals surface area contributed by atoms with Gasteiger partial charge in [-0.25, -0.2) is 18.2 Å². The second-order valence-electron chi connectivity index (χ2n) is 10.5. The highest BCUT2D eigenvalue weighted by atomic mass is 19.3. The molecule has 0 amide bonds. The summed E-state index contributed by atoms with van der Waals surface area (Å²) >= 11 is 0. The van der Waals surface area contributed by atoms with Gasteiger partial charge in [-0.3, -0.25) is 5.41 Å². The zero-order valence-corrected chi connectivity index (χ0v) is 22.0. The summed E-state index contributed by atoms with van der Waals surface area (Å²) in [6.07, 6.45) is 1.15. The van der Waals surface area contributed by atoms with Gasteiger partial charge >= 0.3 is 0 Å². The lowest BCUT2D eigenvalue weighted by Crippen LogP contribution is -2.40. The van der Waals surface area contributed by atoms with Crippen molar-refractivity contribution in [3.05, 3.63) is 89.2 Å². The molecule has 6 rings (SSSR count). The summed E-state index contributed by atoms with van der Waals surface area (Å²) < 4.78 is 41.7. The van der Waals surface area contributed by atoms with Gasteiger partial charge in [0.05, 0.1) is 23.2 Å². The third-order valence-corrected chi connectivity index (χ3v) is 7.52. The van der Waals surface area contributed by atoms with Crippen molar-refractivity contribution in [3.8, 4) is 11.8 Å². The van der Waals surface area contributed by atoms with Crippen LogP contribution in [0.5, 0.6) is 0 Å². The molecule has 204 valence electrons. The van der Waals surface area contributed by atoms with Gasteiger partial charge in [-0.1, -0.05) is 36.1 Å². The molecule has 1 aliphatic carbocycles. The summed E-state index contributed by atoms with van der Waals surface area (Å²) in [6, 6.07) is 20.3. The molecule has 1 saturated carbocycles. The van der Waals surface area contributed by atoms with E-state index in [0.717, 1.165) is 43.1 Å². The van der Waals surface area contributed by atoms with Crippen molar-refractivity contribution in [2.24, 2.45) is 0 Å². The molecular weight excluding hydrogens is 511 g/mol. The number of hydrogen-bond acceptors (Lipinski definition) is 4. The van der Waals surface area contributed by atoms with E-state index in [1.807, 2.05) is 12.1 Å². The number of piperidine rings is 1. The molecule has 5 nitrogen and oxygen atoms in total. The van der Waals surface area contributed by atoms with Crippen molar-refractivity contribution in [2.75, 3.05) is 23.3 Å². The lowest BCUT2D eigenvalue weighted by Gasteiger charge is -2.34. The molecule has 1 saturated heterocycles. The minimum absolute atomic E-state index is 0.0965. The first kappa shape index (κ1) is 26.0. The molecule has 0 radical (unpaired) electrons. The van der Waals surface area contributed by atoms with Crippen molar-refractivity contribution >= 4 is 28.4 Å². The molecule has 0 atom stereocenters. The molecule has 4 aromatic rings. The number of alkyl halides is 2. The molecular formula is C32H30F3N5. The zero-order valence-electron chi connectivity index (χ0n) is 22.0. The molecule has 1 aromatic heterocycles. The van der Waals surface area contributed by atoms with Crippen LogP contribution in [-0.4, -0.2) is 40.8 Å². The highest BCUT2D eigenvalue weighted by molar-refractivity contribution is 6.12. The van der Waals surface area contributed by atoms with Gasteiger partial charge in [0, 0.05) is 47.6 Å². The van der Waals surface area contributed by atoms with Crippen LogP contribution < -0.4 is 10.2 Å². The maximum atomic E-state index is 13.8. The Morgan fingerprint density at radius 2 is 1.80 bits per heavy atom. The molecule has 1 aliphatic heterocycles. The Labute approximate surface area is 231 Å². The monoisotopic (exact) mass is 541 g/mol. The van der Waals surface area contributed by atoms with E-state index in [0.29, 0.717) is 22.7 Å². The predicted molar refractivity (Wildman–Crippen MR) is 153 cm³/mol. The third kappa shape index (κ3) is 5.55. The number of rotatable bonds is 7. The fraction of sp³-hybridized carbons (Fsp3) is 0.312. The summed E-state index contributed by atoms with van der Waals surface area (Å²) in [5.41, 5.74) is 4.50. The normalized spacial score (nSPS) is 15.8. The molecule has 2 heterocycles. The maximum absolute atomic E-state index is 13.8. The second kappa shape index (κ2) is 11.1. The first-order valence-corrected chi connectivity index (χ1v) is 13.7. The van der Waals surface area contributed by atoms with E-state index in [-0.39, 0.29) is 11.8 Å². The van der Waals surface area contributed by atoms with Crippen molar-refractivity contribution in [2.45, 2.75) is 50.6 Å². The molecule has 2 N–H and O–H groups in total. The largest absolute Gasteiger partial charge is 0.382 e. The van der Waals surface area contributed by atoms with Gasteiger partial charge in [0.15, 0.2) is 0 Å². The Morgan fingerprint density at radius 3 is 2.55 bits per heavy atom. The number of hydrogen-bond donors (Lipinski definition) is 2. The van der Waals surface area contributed by atoms with Gasteiger partial charge in [-0.05, 0) is 68.1 Å². The Morgan fingerprint density at radius 1 is 1.00 bits per heavy atom. The van der Waals surface area contributed by atoms with Crippen LogP contribution in [-0.2, 0) is 0 Å². The molecule has 0 bridgehead atoms. The van der Waals surface area contributed by atoms with Crippen LogP contribution in [0, 0.1) is 23.1 Å². The molecule has 8 heteroatoms. The second-order valence-corrected chi connectivity index (χ2v) is 10.5. The lowest BCUT2D eigenvalue weighted by atomic mass is 9.96. The van der Waals surface area contributed by atoms with Crippen LogP contribution in [0.2, 0.25) is 0 Å². The molecule has 2 aliphatic rings. The SMILES string of the molecule is N=C(c1cccc(F)c1)c1ccc(NC2CCN(c3nc4ccccc4n3C3CC3)CC2)cc1C#CCC(F)F. The van der Waals surface area contributed by atoms with Gasteiger partial charge in [-0.2, -0.15) is 0 Å². The highest BCUT2D eigenvalue weighted by Gasteiger charge is 2.31. The van der Waals surface area contributed by atoms with Gasteiger partial charge in [0.2, 0.25) is 12.4 Å². The number of para-hydroxylation sites is 2.